The molecule has 2 heterocycles. The lowest BCUT2D eigenvalue weighted by molar-refractivity contribution is 0.165. The first-order chi connectivity index (χ1) is 10.1. The van der Waals surface area contributed by atoms with Crippen molar-refractivity contribution in [2.45, 2.75) is 38.5 Å². The van der Waals surface area contributed by atoms with Crippen LogP contribution < -0.4 is 5.32 Å². The fourth-order valence-electron chi connectivity index (χ4n) is 2.73. The Bertz CT molecular complexity index is 628. The topological polar surface area (TPSA) is 63.0 Å². The number of halogens is 1. The number of aliphatic hydroxyl groups is 1. The number of hydrogen-bond donors (Lipinski definition) is 2. The van der Waals surface area contributed by atoms with E-state index < -0.39 is 6.10 Å². The molecule has 0 saturated carbocycles. The minimum absolute atomic E-state index is 0.302. The first-order valence-corrected chi connectivity index (χ1v) is 7.57. The van der Waals surface area contributed by atoms with E-state index in [2.05, 4.69) is 15.4 Å². The number of fused-ring (bicyclic) bond motifs is 1. The van der Waals surface area contributed by atoms with E-state index >= 15 is 0 Å². The van der Waals surface area contributed by atoms with Crippen molar-refractivity contribution in [1.29, 1.82) is 0 Å². The molecule has 0 fully saturated rings. The largest absolute Gasteiger partial charge is 0.387 e. The van der Waals surface area contributed by atoms with Crippen molar-refractivity contribution in [1.82, 2.24) is 20.1 Å². The highest BCUT2D eigenvalue weighted by Crippen LogP contribution is 2.22. The Kier molecular flexibility index (Phi) is 4.24. The Balaban J connectivity index is 1.58. The minimum atomic E-state index is -0.599. The van der Waals surface area contributed by atoms with Gasteiger partial charge in [0.15, 0.2) is 0 Å². The zero-order chi connectivity index (χ0) is 14.8. The second-order valence-electron chi connectivity index (χ2n) is 5.44. The number of nitrogens with one attached hydrogen (secondary N) is 1. The van der Waals surface area contributed by atoms with E-state index in [1.807, 2.05) is 29.8 Å². The van der Waals surface area contributed by atoms with E-state index in [-0.39, 0.29) is 0 Å². The second kappa shape index (κ2) is 6.13. The van der Waals surface area contributed by atoms with Gasteiger partial charge < -0.3 is 10.4 Å². The summed E-state index contributed by atoms with van der Waals surface area (Å²) in [5.74, 6) is 1.87. The predicted octanol–water partition coefficient (Wildman–Crippen LogP) is 1.88. The Morgan fingerprint density at radius 3 is 3.10 bits per heavy atom. The monoisotopic (exact) mass is 306 g/mol. The summed E-state index contributed by atoms with van der Waals surface area (Å²) in [7, 11) is 0. The number of benzene rings is 1. The molecule has 1 aliphatic rings. The van der Waals surface area contributed by atoms with Gasteiger partial charge in [0, 0.05) is 29.6 Å². The quantitative estimate of drug-likeness (QED) is 0.905. The van der Waals surface area contributed by atoms with Crippen LogP contribution in [0.5, 0.6) is 0 Å². The van der Waals surface area contributed by atoms with Gasteiger partial charge in [-0.2, -0.15) is 5.10 Å². The molecule has 6 heteroatoms. The molecule has 2 atom stereocenters. The molecule has 0 amide bonds. The van der Waals surface area contributed by atoms with Crippen LogP contribution in [-0.4, -0.2) is 32.5 Å². The average molecular weight is 307 g/mol. The number of rotatable bonds is 4. The highest BCUT2D eigenvalue weighted by molar-refractivity contribution is 6.31. The van der Waals surface area contributed by atoms with Gasteiger partial charge in [0.05, 0.1) is 12.6 Å². The molecule has 0 radical (unpaired) electrons. The summed E-state index contributed by atoms with van der Waals surface area (Å²) in [5.41, 5.74) is 0.764. The van der Waals surface area contributed by atoms with Gasteiger partial charge in [-0.15, -0.1) is 0 Å². The lowest BCUT2D eigenvalue weighted by Gasteiger charge is -2.25. The van der Waals surface area contributed by atoms with Crippen LogP contribution >= 0.6 is 11.6 Å². The number of aromatic nitrogens is 3. The van der Waals surface area contributed by atoms with Crippen molar-refractivity contribution in [3.63, 3.8) is 0 Å². The molecule has 0 spiro atoms. The fraction of sp³-hybridized carbons (Fsp3) is 0.467. The normalized spacial score (nSPS) is 19.3. The maximum absolute atomic E-state index is 10.2. The molecular weight excluding hydrogens is 288 g/mol. The standard InChI is InChI=1S/C15H19ClN4O/c1-10-18-15-7-6-11(9-20(15)19-10)17-8-14(21)12-4-2-3-5-13(12)16/h2-5,11,14,17,21H,6-9H2,1H3/t11-,14+/m1/s1. The van der Waals surface area contributed by atoms with Crippen LogP contribution in [0, 0.1) is 6.92 Å². The Morgan fingerprint density at radius 2 is 2.29 bits per heavy atom. The molecule has 0 saturated heterocycles. The van der Waals surface area contributed by atoms with Gasteiger partial charge in [-0.25, -0.2) is 9.67 Å². The number of hydrogen-bond acceptors (Lipinski definition) is 4. The molecule has 2 N–H and O–H groups in total. The van der Waals surface area contributed by atoms with E-state index in [9.17, 15) is 5.11 Å². The molecule has 5 nitrogen and oxygen atoms in total. The maximum Gasteiger partial charge on any atom is 0.147 e. The molecule has 1 aromatic carbocycles. The summed E-state index contributed by atoms with van der Waals surface area (Å²) in [6.45, 7) is 3.19. The van der Waals surface area contributed by atoms with Gasteiger partial charge in [0.25, 0.3) is 0 Å². The Labute approximate surface area is 129 Å². The van der Waals surface area contributed by atoms with Crippen molar-refractivity contribution < 1.29 is 5.11 Å². The summed E-state index contributed by atoms with van der Waals surface area (Å²) in [5, 5.41) is 18.6. The van der Waals surface area contributed by atoms with E-state index in [1.165, 1.54) is 0 Å². The van der Waals surface area contributed by atoms with Gasteiger partial charge in [-0.1, -0.05) is 29.8 Å². The number of aryl methyl sites for hydroxylation is 2. The Morgan fingerprint density at radius 1 is 1.48 bits per heavy atom. The molecule has 0 unspecified atom stereocenters. The van der Waals surface area contributed by atoms with Gasteiger partial charge in [0.1, 0.15) is 11.6 Å². The molecular formula is C15H19ClN4O. The zero-order valence-electron chi connectivity index (χ0n) is 12.0. The number of aliphatic hydroxyl groups excluding tert-OH is 1. The molecule has 1 aliphatic heterocycles. The molecule has 1 aromatic heterocycles. The molecule has 0 bridgehead atoms. The summed E-state index contributed by atoms with van der Waals surface area (Å²) in [4.78, 5) is 4.40. The zero-order valence-corrected chi connectivity index (χ0v) is 12.7. The third kappa shape index (κ3) is 3.26. The van der Waals surface area contributed by atoms with Crippen LogP contribution in [0.2, 0.25) is 5.02 Å². The van der Waals surface area contributed by atoms with Crippen molar-refractivity contribution in [2.75, 3.05) is 6.54 Å². The SMILES string of the molecule is Cc1nc2n(n1)C[C@H](NC[C@H](O)c1ccccc1Cl)CC2. The van der Waals surface area contributed by atoms with Crippen LogP contribution in [-0.2, 0) is 13.0 Å². The fourth-order valence-corrected chi connectivity index (χ4v) is 3.00. The molecule has 112 valence electrons. The first kappa shape index (κ1) is 14.5. The van der Waals surface area contributed by atoms with Gasteiger partial charge in [-0.3, -0.25) is 0 Å². The summed E-state index contributed by atoms with van der Waals surface area (Å²) in [6.07, 6.45) is 1.33. The van der Waals surface area contributed by atoms with E-state index in [4.69, 9.17) is 11.6 Å². The van der Waals surface area contributed by atoms with E-state index in [0.717, 1.165) is 36.6 Å². The maximum atomic E-state index is 10.2. The molecule has 2 aromatic rings. The molecule has 3 rings (SSSR count). The average Bonchev–Trinajstić information content (AvgIpc) is 2.84. The van der Waals surface area contributed by atoms with Crippen molar-refractivity contribution in [3.8, 4) is 0 Å². The van der Waals surface area contributed by atoms with Crippen molar-refractivity contribution in [2.24, 2.45) is 0 Å². The van der Waals surface area contributed by atoms with Crippen LogP contribution in [0.25, 0.3) is 0 Å². The van der Waals surface area contributed by atoms with Gasteiger partial charge in [0.2, 0.25) is 0 Å². The summed E-state index contributed by atoms with van der Waals surface area (Å²) >= 11 is 6.10. The van der Waals surface area contributed by atoms with Gasteiger partial charge in [-0.05, 0) is 19.4 Å². The second-order valence-corrected chi connectivity index (χ2v) is 5.85. The van der Waals surface area contributed by atoms with Crippen LogP contribution in [0.3, 0.4) is 0 Å². The van der Waals surface area contributed by atoms with E-state index in [0.29, 0.717) is 17.6 Å². The highest BCUT2D eigenvalue weighted by Gasteiger charge is 2.21. The minimum Gasteiger partial charge on any atom is -0.387 e. The third-order valence-electron chi connectivity index (χ3n) is 3.83. The van der Waals surface area contributed by atoms with Crippen LogP contribution in [0.4, 0.5) is 0 Å². The van der Waals surface area contributed by atoms with Crippen molar-refractivity contribution >= 4 is 11.6 Å². The van der Waals surface area contributed by atoms with Crippen LogP contribution in [0.1, 0.15) is 29.7 Å². The van der Waals surface area contributed by atoms with Gasteiger partial charge >= 0.3 is 0 Å². The number of nitrogens with zero attached hydrogens (tertiary/aromatic N) is 3. The summed E-state index contributed by atoms with van der Waals surface area (Å²) in [6, 6.07) is 7.70. The van der Waals surface area contributed by atoms with Crippen LogP contribution in [0.15, 0.2) is 24.3 Å². The lowest BCUT2D eigenvalue weighted by atomic mass is 10.1. The third-order valence-corrected chi connectivity index (χ3v) is 4.17. The Hall–Kier alpha value is -1.43. The summed E-state index contributed by atoms with van der Waals surface area (Å²) < 4.78 is 1.96. The molecule has 0 aliphatic carbocycles. The first-order valence-electron chi connectivity index (χ1n) is 7.19. The smallest absolute Gasteiger partial charge is 0.147 e. The van der Waals surface area contributed by atoms with Crippen molar-refractivity contribution in [3.05, 3.63) is 46.5 Å². The predicted molar refractivity (Wildman–Crippen MR) is 81.3 cm³/mol. The highest BCUT2D eigenvalue weighted by atomic mass is 35.5. The lowest BCUT2D eigenvalue weighted by Crippen LogP contribution is -2.39. The van der Waals surface area contributed by atoms with E-state index in [1.54, 1.807) is 6.07 Å². The molecule has 21 heavy (non-hydrogen) atoms.